The van der Waals surface area contributed by atoms with Crippen LogP contribution in [0.2, 0.25) is 0 Å². The van der Waals surface area contributed by atoms with Crippen LogP contribution in [0.3, 0.4) is 0 Å². The van der Waals surface area contributed by atoms with Crippen LogP contribution in [-0.4, -0.2) is 51.5 Å². The summed E-state index contributed by atoms with van der Waals surface area (Å²) >= 11 is 0. The van der Waals surface area contributed by atoms with Gasteiger partial charge in [0.2, 0.25) is 0 Å². The first-order valence-corrected chi connectivity index (χ1v) is 13.8. The molecule has 3 rings (SSSR count). The van der Waals surface area contributed by atoms with E-state index in [1.165, 1.54) is 28.8 Å². The van der Waals surface area contributed by atoms with Crippen molar-refractivity contribution in [3.05, 3.63) is 53.1 Å². The van der Waals surface area contributed by atoms with Crippen molar-refractivity contribution in [2.75, 3.05) is 38.2 Å². The van der Waals surface area contributed by atoms with Crippen molar-refractivity contribution in [1.82, 2.24) is 5.32 Å². The number of carbonyl (C=O) groups excluding carboxylic acids is 1. The van der Waals surface area contributed by atoms with Crippen LogP contribution < -0.4 is 10.2 Å². The van der Waals surface area contributed by atoms with E-state index in [1.54, 1.807) is 0 Å². The molecular weight excluding hydrogens is 448 g/mol. The van der Waals surface area contributed by atoms with Gasteiger partial charge in [0.05, 0.1) is 18.3 Å². The summed E-state index contributed by atoms with van der Waals surface area (Å²) in [6.07, 6.45) is 9.09. The van der Waals surface area contributed by atoms with Gasteiger partial charge in [-0.2, -0.15) is 0 Å². The third-order valence-electron chi connectivity index (χ3n) is 7.62. The van der Waals surface area contributed by atoms with Crippen molar-refractivity contribution in [3.8, 4) is 0 Å². The molecule has 1 N–H and O–H groups in total. The molecule has 0 aromatic heterocycles. The molecule has 1 aliphatic heterocycles. The van der Waals surface area contributed by atoms with Crippen molar-refractivity contribution in [2.24, 2.45) is 11.3 Å². The Labute approximate surface area is 220 Å². The monoisotopic (exact) mass is 498 g/mol. The maximum Gasteiger partial charge on any atom is 0.293 e. The van der Waals surface area contributed by atoms with Gasteiger partial charge >= 0.3 is 0 Å². The number of hydrogen-bond donors (Lipinski definition) is 1. The van der Waals surface area contributed by atoms with Gasteiger partial charge < -0.3 is 19.7 Å². The van der Waals surface area contributed by atoms with E-state index in [-0.39, 0.29) is 17.1 Å². The standard InChI is InChI=1S/C29H44N2O3.C2H6/c1-7-29(20-33-21-32,19-31(6)26-10-8-22(2)9-11-26)14-15-30-18-24-16-23(3)27-25(17-24)12-13-28(4,5)34-27;1-2/h8-11,16-17,21,25,27,30H,7,12-15,18-20H2,1-6H3;1-2H3. The molecule has 0 bridgehead atoms. The molecule has 0 spiro atoms. The maximum atomic E-state index is 11.0. The molecule has 1 saturated heterocycles. The normalized spacial score (nSPS) is 22.1. The number of ether oxygens (including phenoxy) is 2. The Morgan fingerprint density at radius 2 is 1.92 bits per heavy atom. The van der Waals surface area contributed by atoms with Crippen LogP contribution in [0.1, 0.15) is 72.8 Å². The van der Waals surface area contributed by atoms with Crippen molar-refractivity contribution in [3.63, 3.8) is 0 Å². The Bertz CT molecular complexity index is 874. The Balaban J connectivity index is 0.00000222. The number of carbonyl (C=O) groups is 1. The second-order valence-corrected chi connectivity index (χ2v) is 11.0. The van der Waals surface area contributed by atoms with E-state index in [1.807, 2.05) is 13.8 Å². The molecular formula is C31H50N2O3. The highest BCUT2D eigenvalue weighted by atomic mass is 16.5. The third-order valence-corrected chi connectivity index (χ3v) is 7.62. The fourth-order valence-electron chi connectivity index (χ4n) is 5.34. The van der Waals surface area contributed by atoms with Crippen LogP contribution in [0.5, 0.6) is 0 Å². The molecule has 1 aromatic rings. The number of nitrogens with zero attached hydrogens (tertiary/aromatic N) is 1. The first-order valence-electron chi connectivity index (χ1n) is 13.8. The SMILES string of the molecule is CC.CCC(CCNCC1=CC2CCC(C)(C)OC2C(C)=C1)(COC=O)CN(C)c1ccc(C)cc1. The summed E-state index contributed by atoms with van der Waals surface area (Å²) < 4.78 is 11.7. The van der Waals surface area contributed by atoms with Gasteiger partial charge in [0.15, 0.2) is 0 Å². The van der Waals surface area contributed by atoms with Crippen LogP contribution in [0.15, 0.2) is 47.6 Å². The minimum atomic E-state index is -0.103. The highest BCUT2D eigenvalue weighted by molar-refractivity contribution is 5.47. The molecule has 36 heavy (non-hydrogen) atoms. The molecule has 1 aromatic carbocycles. The van der Waals surface area contributed by atoms with Gasteiger partial charge in [-0.25, -0.2) is 0 Å². The lowest BCUT2D eigenvalue weighted by atomic mass is 9.79. The third kappa shape index (κ3) is 8.48. The Kier molecular flexibility index (Phi) is 11.7. The fourth-order valence-corrected chi connectivity index (χ4v) is 5.34. The van der Waals surface area contributed by atoms with Crippen LogP contribution in [0.25, 0.3) is 0 Å². The van der Waals surface area contributed by atoms with Crippen LogP contribution >= 0.6 is 0 Å². The molecule has 1 aliphatic carbocycles. The van der Waals surface area contributed by atoms with Gasteiger partial charge in [0.1, 0.15) is 0 Å². The van der Waals surface area contributed by atoms with E-state index in [0.717, 1.165) is 38.9 Å². The van der Waals surface area contributed by atoms with E-state index in [9.17, 15) is 4.79 Å². The molecule has 202 valence electrons. The van der Waals surface area contributed by atoms with Gasteiger partial charge in [-0.15, -0.1) is 0 Å². The van der Waals surface area contributed by atoms with Crippen LogP contribution in [0, 0.1) is 18.3 Å². The van der Waals surface area contributed by atoms with E-state index in [0.29, 0.717) is 19.0 Å². The number of benzene rings is 1. The summed E-state index contributed by atoms with van der Waals surface area (Å²) in [4.78, 5) is 13.3. The predicted octanol–water partition coefficient (Wildman–Crippen LogP) is 6.47. The van der Waals surface area contributed by atoms with Gasteiger partial charge in [-0.1, -0.05) is 50.6 Å². The molecule has 0 radical (unpaired) electrons. The largest absolute Gasteiger partial charge is 0.467 e. The first-order chi connectivity index (χ1) is 17.2. The number of hydrogen-bond acceptors (Lipinski definition) is 5. The molecule has 2 aliphatic rings. The zero-order chi connectivity index (χ0) is 26.8. The number of rotatable bonds is 12. The lowest BCUT2D eigenvalue weighted by molar-refractivity contribution is -0.132. The van der Waals surface area contributed by atoms with Crippen molar-refractivity contribution < 1.29 is 14.3 Å². The smallest absolute Gasteiger partial charge is 0.293 e. The minimum Gasteiger partial charge on any atom is -0.467 e. The fraction of sp³-hybridized carbons (Fsp3) is 0.645. The zero-order valence-electron chi connectivity index (χ0n) is 24.0. The van der Waals surface area contributed by atoms with Crippen LogP contribution in [-0.2, 0) is 14.3 Å². The molecule has 1 fully saturated rings. The van der Waals surface area contributed by atoms with Gasteiger partial charge in [-0.05, 0) is 83.2 Å². The maximum absolute atomic E-state index is 11.0. The van der Waals surface area contributed by atoms with Gasteiger partial charge in [0, 0.05) is 37.2 Å². The molecule has 5 nitrogen and oxygen atoms in total. The zero-order valence-corrected chi connectivity index (χ0v) is 24.0. The van der Waals surface area contributed by atoms with Gasteiger partial charge in [-0.3, -0.25) is 4.79 Å². The number of fused-ring (bicyclic) bond motifs is 1. The predicted molar refractivity (Wildman–Crippen MR) is 152 cm³/mol. The lowest BCUT2D eigenvalue weighted by Gasteiger charge is -2.42. The minimum absolute atomic E-state index is 0.0291. The van der Waals surface area contributed by atoms with E-state index < -0.39 is 0 Å². The Morgan fingerprint density at radius 3 is 2.56 bits per heavy atom. The number of aryl methyl sites for hydroxylation is 1. The second kappa shape index (κ2) is 14.0. The first kappa shape index (κ1) is 30.1. The molecule has 1 heterocycles. The molecule has 0 saturated carbocycles. The average Bonchev–Trinajstić information content (AvgIpc) is 2.87. The summed E-state index contributed by atoms with van der Waals surface area (Å²) in [5.41, 5.74) is 4.99. The lowest BCUT2D eigenvalue weighted by Crippen LogP contribution is -2.42. The number of anilines is 1. The van der Waals surface area contributed by atoms with Crippen molar-refractivity contribution in [2.45, 2.75) is 85.9 Å². The Hall–Kier alpha value is -2.11. The van der Waals surface area contributed by atoms with E-state index in [4.69, 9.17) is 9.47 Å². The molecule has 3 atom stereocenters. The Morgan fingerprint density at radius 1 is 1.22 bits per heavy atom. The molecule has 3 unspecified atom stereocenters. The van der Waals surface area contributed by atoms with Gasteiger partial charge in [0.25, 0.3) is 6.47 Å². The van der Waals surface area contributed by atoms with Crippen molar-refractivity contribution >= 4 is 12.2 Å². The molecule has 0 amide bonds. The summed E-state index contributed by atoms with van der Waals surface area (Å²) in [6, 6.07) is 8.59. The second-order valence-electron chi connectivity index (χ2n) is 11.0. The average molecular weight is 499 g/mol. The number of nitrogens with one attached hydrogen (secondary N) is 1. The molecule has 5 heteroatoms. The highest BCUT2D eigenvalue weighted by Gasteiger charge is 2.37. The van der Waals surface area contributed by atoms with E-state index >= 15 is 0 Å². The topological polar surface area (TPSA) is 50.8 Å². The quantitative estimate of drug-likeness (QED) is 0.264. The van der Waals surface area contributed by atoms with E-state index in [2.05, 4.69) is 88.3 Å². The summed E-state index contributed by atoms with van der Waals surface area (Å²) in [6.45, 7) is 18.5. The summed E-state index contributed by atoms with van der Waals surface area (Å²) in [5.74, 6) is 0.480. The van der Waals surface area contributed by atoms with Crippen LogP contribution in [0.4, 0.5) is 5.69 Å². The van der Waals surface area contributed by atoms with Crippen molar-refractivity contribution in [1.29, 1.82) is 0 Å². The summed E-state index contributed by atoms with van der Waals surface area (Å²) in [5, 5.41) is 3.66. The summed E-state index contributed by atoms with van der Waals surface area (Å²) in [7, 11) is 2.12. The highest BCUT2D eigenvalue weighted by Crippen LogP contribution is 2.39.